The van der Waals surface area contributed by atoms with Gasteiger partial charge in [-0.2, -0.15) is 0 Å². The third kappa shape index (κ3) is 3.57. The summed E-state index contributed by atoms with van der Waals surface area (Å²) in [5, 5.41) is 11.0. The number of nitrogens with zero attached hydrogens (tertiary/aromatic N) is 3. The Labute approximate surface area is 142 Å². The number of benzene rings is 1. The quantitative estimate of drug-likeness (QED) is 0.938. The van der Waals surface area contributed by atoms with Crippen LogP contribution >= 0.6 is 0 Å². The van der Waals surface area contributed by atoms with E-state index in [9.17, 15) is 9.90 Å². The molecule has 0 radical (unpaired) electrons. The first-order valence-electron chi connectivity index (χ1n) is 8.44. The number of carbonyl (C=O) groups is 1. The predicted octanol–water partition coefficient (Wildman–Crippen LogP) is 2.15. The number of rotatable bonds is 3. The number of β-amino-alcohol motifs (C(OH)–C–C–N with tert-alkyl or cyclic N) is 1. The Morgan fingerprint density at radius 3 is 2.75 bits per heavy atom. The van der Waals surface area contributed by atoms with Gasteiger partial charge in [-0.15, -0.1) is 0 Å². The normalized spacial score (nSPS) is 19.7. The Kier molecular flexibility index (Phi) is 4.56. The molecule has 1 unspecified atom stereocenters. The standard InChI is InChI=1S/C19H25N3O2/c1-14-12-21(13-19(2,3)24)10-11-22(14)18(23)16-8-4-6-15-7-5-9-20-17(15)16/h4-9,14,24H,10-13H2,1-3H3. The van der Waals surface area contributed by atoms with Crippen molar-refractivity contribution in [1.82, 2.24) is 14.8 Å². The number of hydrogen-bond acceptors (Lipinski definition) is 4. The minimum absolute atomic E-state index is 0.0368. The fraction of sp³-hybridized carbons (Fsp3) is 0.474. The topological polar surface area (TPSA) is 56.7 Å². The Bertz CT molecular complexity index is 733. The van der Waals surface area contributed by atoms with Gasteiger partial charge in [0.25, 0.3) is 5.91 Å². The van der Waals surface area contributed by atoms with E-state index in [1.165, 1.54) is 0 Å². The van der Waals surface area contributed by atoms with Crippen molar-refractivity contribution in [3.63, 3.8) is 0 Å². The highest BCUT2D eigenvalue weighted by atomic mass is 16.3. The number of fused-ring (bicyclic) bond motifs is 1. The highest BCUT2D eigenvalue weighted by Crippen LogP contribution is 2.21. The molecule has 24 heavy (non-hydrogen) atoms. The summed E-state index contributed by atoms with van der Waals surface area (Å²) in [6.45, 7) is 8.53. The number of piperazine rings is 1. The summed E-state index contributed by atoms with van der Waals surface area (Å²) < 4.78 is 0. The molecule has 1 saturated heterocycles. The van der Waals surface area contributed by atoms with Crippen molar-refractivity contribution in [2.24, 2.45) is 0 Å². The second-order valence-corrected chi connectivity index (χ2v) is 7.28. The average Bonchev–Trinajstić information content (AvgIpc) is 2.52. The summed E-state index contributed by atoms with van der Waals surface area (Å²) in [4.78, 5) is 21.6. The molecular weight excluding hydrogens is 302 g/mol. The molecule has 1 amide bonds. The molecule has 2 heterocycles. The van der Waals surface area contributed by atoms with Gasteiger partial charge in [-0.25, -0.2) is 0 Å². The second-order valence-electron chi connectivity index (χ2n) is 7.28. The van der Waals surface area contributed by atoms with Crippen molar-refractivity contribution in [2.45, 2.75) is 32.4 Å². The molecule has 0 spiro atoms. The molecule has 3 rings (SSSR count). The highest BCUT2D eigenvalue weighted by Gasteiger charge is 2.31. The van der Waals surface area contributed by atoms with Gasteiger partial charge in [-0.05, 0) is 32.9 Å². The van der Waals surface area contributed by atoms with E-state index in [-0.39, 0.29) is 11.9 Å². The van der Waals surface area contributed by atoms with Crippen LogP contribution in [-0.4, -0.2) is 63.6 Å². The van der Waals surface area contributed by atoms with Gasteiger partial charge in [0, 0.05) is 43.8 Å². The van der Waals surface area contributed by atoms with Crippen LogP contribution in [0, 0.1) is 0 Å². The maximum Gasteiger partial charge on any atom is 0.256 e. The molecule has 5 nitrogen and oxygen atoms in total. The number of aromatic nitrogens is 1. The average molecular weight is 327 g/mol. The van der Waals surface area contributed by atoms with Crippen molar-refractivity contribution < 1.29 is 9.90 Å². The molecule has 128 valence electrons. The van der Waals surface area contributed by atoms with Crippen LogP contribution in [0.15, 0.2) is 36.5 Å². The minimum atomic E-state index is -0.717. The monoisotopic (exact) mass is 327 g/mol. The first-order valence-corrected chi connectivity index (χ1v) is 8.44. The molecule has 1 fully saturated rings. The van der Waals surface area contributed by atoms with Crippen LogP contribution in [0.4, 0.5) is 0 Å². The molecule has 1 atom stereocenters. The van der Waals surface area contributed by atoms with E-state index < -0.39 is 5.60 Å². The van der Waals surface area contributed by atoms with E-state index in [1.807, 2.05) is 49.1 Å². The molecule has 1 N–H and O–H groups in total. The number of hydrogen-bond donors (Lipinski definition) is 1. The molecule has 1 aromatic carbocycles. The van der Waals surface area contributed by atoms with Gasteiger partial charge >= 0.3 is 0 Å². The lowest BCUT2D eigenvalue weighted by Crippen LogP contribution is -2.56. The third-order valence-electron chi connectivity index (χ3n) is 4.45. The van der Waals surface area contributed by atoms with E-state index in [1.54, 1.807) is 6.20 Å². The van der Waals surface area contributed by atoms with Crippen LogP contribution in [0.25, 0.3) is 10.9 Å². The van der Waals surface area contributed by atoms with Crippen molar-refractivity contribution in [1.29, 1.82) is 0 Å². The van der Waals surface area contributed by atoms with E-state index >= 15 is 0 Å². The molecule has 1 aliphatic heterocycles. The predicted molar refractivity (Wildman–Crippen MR) is 95.0 cm³/mol. The fourth-order valence-corrected chi connectivity index (χ4v) is 3.46. The first kappa shape index (κ1) is 16.9. The lowest BCUT2D eigenvalue weighted by molar-refractivity contribution is 0.00583. The van der Waals surface area contributed by atoms with Crippen LogP contribution < -0.4 is 0 Å². The highest BCUT2D eigenvalue weighted by molar-refractivity contribution is 6.05. The molecule has 2 aromatic rings. The van der Waals surface area contributed by atoms with Crippen molar-refractivity contribution in [3.05, 3.63) is 42.1 Å². The molecule has 0 aliphatic carbocycles. The summed E-state index contributed by atoms with van der Waals surface area (Å²) in [7, 11) is 0. The molecule has 1 aliphatic rings. The van der Waals surface area contributed by atoms with E-state index in [4.69, 9.17) is 0 Å². The second kappa shape index (κ2) is 6.49. The van der Waals surface area contributed by atoms with Crippen LogP contribution in [0.2, 0.25) is 0 Å². The number of aliphatic hydroxyl groups is 1. The van der Waals surface area contributed by atoms with Crippen LogP contribution in [-0.2, 0) is 0 Å². The fourth-order valence-electron chi connectivity index (χ4n) is 3.46. The Morgan fingerprint density at radius 2 is 2.04 bits per heavy atom. The number of para-hydroxylation sites is 1. The van der Waals surface area contributed by atoms with Gasteiger partial charge in [-0.1, -0.05) is 18.2 Å². The Hall–Kier alpha value is -1.98. The largest absolute Gasteiger partial charge is 0.389 e. The Balaban J connectivity index is 1.78. The number of carbonyl (C=O) groups excluding carboxylic acids is 1. The summed E-state index contributed by atoms with van der Waals surface area (Å²) in [5.74, 6) is 0.0368. The smallest absolute Gasteiger partial charge is 0.256 e. The molecule has 5 heteroatoms. The van der Waals surface area contributed by atoms with Crippen molar-refractivity contribution >= 4 is 16.8 Å². The lowest BCUT2D eigenvalue weighted by atomic mass is 10.0. The van der Waals surface area contributed by atoms with E-state index in [0.29, 0.717) is 18.7 Å². The maximum atomic E-state index is 13.0. The van der Waals surface area contributed by atoms with Crippen molar-refractivity contribution in [2.75, 3.05) is 26.2 Å². The van der Waals surface area contributed by atoms with Gasteiger partial charge in [-0.3, -0.25) is 14.7 Å². The van der Waals surface area contributed by atoms with Gasteiger partial charge in [0.2, 0.25) is 0 Å². The van der Waals surface area contributed by atoms with Crippen LogP contribution in [0.5, 0.6) is 0 Å². The van der Waals surface area contributed by atoms with Gasteiger partial charge in [0.1, 0.15) is 0 Å². The van der Waals surface area contributed by atoms with E-state index in [2.05, 4.69) is 16.8 Å². The number of amides is 1. The van der Waals surface area contributed by atoms with E-state index in [0.717, 1.165) is 24.0 Å². The summed E-state index contributed by atoms with van der Waals surface area (Å²) in [6, 6.07) is 9.70. The minimum Gasteiger partial charge on any atom is -0.389 e. The zero-order chi connectivity index (χ0) is 17.3. The van der Waals surface area contributed by atoms with Crippen LogP contribution in [0.3, 0.4) is 0 Å². The molecule has 0 bridgehead atoms. The summed E-state index contributed by atoms with van der Waals surface area (Å²) in [5.41, 5.74) is 0.706. The SMILES string of the molecule is CC1CN(CC(C)(C)O)CCN1C(=O)c1cccc2cccnc12. The van der Waals surface area contributed by atoms with Crippen LogP contribution in [0.1, 0.15) is 31.1 Å². The first-order chi connectivity index (χ1) is 11.3. The van der Waals surface area contributed by atoms with Gasteiger partial charge in [0.15, 0.2) is 0 Å². The maximum absolute atomic E-state index is 13.0. The number of pyridine rings is 1. The summed E-state index contributed by atoms with van der Waals surface area (Å²) >= 11 is 0. The van der Waals surface area contributed by atoms with Crippen molar-refractivity contribution in [3.8, 4) is 0 Å². The Morgan fingerprint density at radius 1 is 1.29 bits per heavy atom. The summed E-state index contributed by atoms with van der Waals surface area (Å²) in [6.07, 6.45) is 1.73. The molecule has 0 saturated carbocycles. The third-order valence-corrected chi connectivity index (χ3v) is 4.45. The molecule has 1 aromatic heterocycles. The zero-order valence-corrected chi connectivity index (χ0v) is 14.6. The van der Waals surface area contributed by atoms with Gasteiger partial charge < -0.3 is 10.0 Å². The zero-order valence-electron chi connectivity index (χ0n) is 14.6. The molecular formula is C19H25N3O2. The van der Waals surface area contributed by atoms with Gasteiger partial charge in [0.05, 0.1) is 16.7 Å². The lowest BCUT2D eigenvalue weighted by Gasteiger charge is -2.41.